The molecule has 0 fully saturated rings. The standard InChI is InChI=1S/C49H34N2O/c1-4-12-33(13-5-1)39-24-28-43-44-29-27-42(32-46(44)48-47(45(43)31-39)50-49(52-48)36-15-6-2-7-16-36)51(40-18-8-3-9-19-40)41-25-22-35(23-26-41)38-21-20-34-14-10-11-17-37(34)30-38/h1-32,49-50H. The Kier molecular flexibility index (Phi) is 7.21. The normalized spacial score (nSPS) is 13.5. The molecular weight excluding hydrogens is 633 g/mol. The Bertz CT molecular complexity index is 2730. The summed E-state index contributed by atoms with van der Waals surface area (Å²) < 4.78 is 6.87. The lowest BCUT2D eigenvalue weighted by atomic mass is 9.95. The molecule has 0 spiro atoms. The van der Waals surface area contributed by atoms with Crippen LogP contribution in [0.3, 0.4) is 0 Å². The first-order chi connectivity index (χ1) is 25.8. The number of nitrogens with zero attached hydrogens (tertiary/aromatic N) is 1. The SMILES string of the molecule is c1ccc(-c2ccc3c(c2)c2c(c4cc(N(c5ccccc5)c5ccc(-c6ccc7ccccc7c6)cc5)ccc43)OC(c3ccccc3)N2)cc1. The lowest BCUT2D eigenvalue weighted by molar-refractivity contribution is 0.262. The van der Waals surface area contributed by atoms with E-state index in [0.29, 0.717) is 0 Å². The molecule has 1 unspecified atom stereocenters. The first-order valence-corrected chi connectivity index (χ1v) is 17.8. The molecule has 0 aliphatic carbocycles. The number of para-hydroxylation sites is 1. The molecule has 0 saturated carbocycles. The second-order valence-electron chi connectivity index (χ2n) is 13.4. The van der Waals surface area contributed by atoms with Gasteiger partial charge in [0.05, 0.1) is 5.69 Å². The fourth-order valence-electron chi connectivity index (χ4n) is 7.67. The van der Waals surface area contributed by atoms with Gasteiger partial charge in [0, 0.05) is 33.4 Å². The Morgan fingerprint density at radius 3 is 1.73 bits per heavy atom. The van der Waals surface area contributed by atoms with E-state index >= 15 is 0 Å². The second kappa shape index (κ2) is 12.5. The average Bonchev–Trinajstić information content (AvgIpc) is 3.68. The molecule has 1 aliphatic rings. The maximum atomic E-state index is 6.87. The van der Waals surface area contributed by atoms with Crippen LogP contribution in [0, 0.1) is 0 Å². The van der Waals surface area contributed by atoms with Crippen LogP contribution in [-0.4, -0.2) is 0 Å². The fourth-order valence-corrected chi connectivity index (χ4v) is 7.67. The molecule has 0 radical (unpaired) electrons. The van der Waals surface area contributed by atoms with Gasteiger partial charge in [-0.2, -0.15) is 0 Å². The van der Waals surface area contributed by atoms with E-state index in [1.54, 1.807) is 0 Å². The van der Waals surface area contributed by atoms with Gasteiger partial charge in [0.1, 0.15) is 0 Å². The van der Waals surface area contributed by atoms with E-state index < -0.39 is 0 Å². The van der Waals surface area contributed by atoms with Crippen LogP contribution in [-0.2, 0) is 0 Å². The fraction of sp³-hybridized carbons (Fsp3) is 0.0204. The van der Waals surface area contributed by atoms with E-state index in [2.05, 4.69) is 198 Å². The summed E-state index contributed by atoms with van der Waals surface area (Å²) >= 11 is 0. The minimum absolute atomic E-state index is 0.290. The number of anilines is 4. The van der Waals surface area contributed by atoms with E-state index in [0.717, 1.165) is 50.2 Å². The first-order valence-electron chi connectivity index (χ1n) is 17.8. The van der Waals surface area contributed by atoms with Gasteiger partial charge in [-0.3, -0.25) is 0 Å². The number of hydrogen-bond acceptors (Lipinski definition) is 3. The third-order valence-corrected chi connectivity index (χ3v) is 10.3. The summed E-state index contributed by atoms with van der Waals surface area (Å²) in [4.78, 5) is 2.33. The smallest absolute Gasteiger partial charge is 0.196 e. The van der Waals surface area contributed by atoms with Crippen LogP contribution in [0.15, 0.2) is 194 Å². The third kappa shape index (κ3) is 5.23. The van der Waals surface area contributed by atoms with Crippen molar-refractivity contribution in [2.45, 2.75) is 6.23 Å². The van der Waals surface area contributed by atoms with Gasteiger partial charge in [-0.15, -0.1) is 0 Å². The van der Waals surface area contributed by atoms with Crippen molar-refractivity contribution < 1.29 is 4.74 Å². The van der Waals surface area contributed by atoms with Crippen molar-refractivity contribution in [3.63, 3.8) is 0 Å². The van der Waals surface area contributed by atoms with Gasteiger partial charge in [0.25, 0.3) is 0 Å². The molecule has 1 aliphatic heterocycles. The Hall–Kier alpha value is -6.84. The van der Waals surface area contributed by atoms with Crippen molar-refractivity contribution in [3.8, 4) is 28.0 Å². The van der Waals surface area contributed by atoms with E-state index in [-0.39, 0.29) is 6.23 Å². The molecule has 0 bridgehead atoms. The summed E-state index contributed by atoms with van der Waals surface area (Å²) in [6.07, 6.45) is -0.290. The quantitative estimate of drug-likeness (QED) is 0.179. The van der Waals surface area contributed by atoms with E-state index in [9.17, 15) is 0 Å². The van der Waals surface area contributed by atoms with Crippen molar-refractivity contribution in [3.05, 3.63) is 200 Å². The van der Waals surface area contributed by atoms with Gasteiger partial charge < -0.3 is 15.0 Å². The van der Waals surface area contributed by atoms with Crippen LogP contribution in [0.5, 0.6) is 5.75 Å². The maximum Gasteiger partial charge on any atom is 0.196 e. The third-order valence-electron chi connectivity index (χ3n) is 10.3. The number of hydrogen-bond donors (Lipinski definition) is 1. The lowest BCUT2D eigenvalue weighted by Crippen LogP contribution is -2.10. The minimum Gasteiger partial charge on any atom is -0.464 e. The predicted molar refractivity (Wildman–Crippen MR) is 218 cm³/mol. The van der Waals surface area contributed by atoms with Gasteiger partial charge in [-0.05, 0) is 92.3 Å². The highest BCUT2D eigenvalue weighted by Gasteiger charge is 2.29. The topological polar surface area (TPSA) is 24.5 Å². The zero-order valence-electron chi connectivity index (χ0n) is 28.4. The van der Waals surface area contributed by atoms with Crippen molar-refractivity contribution in [1.82, 2.24) is 0 Å². The Balaban J connectivity index is 1.12. The summed E-state index contributed by atoms with van der Waals surface area (Å²) in [5.41, 5.74) is 10.1. The molecule has 0 aromatic heterocycles. The number of fused-ring (bicyclic) bond motifs is 7. The highest BCUT2D eigenvalue weighted by molar-refractivity contribution is 6.19. The van der Waals surface area contributed by atoms with Gasteiger partial charge in [0.2, 0.25) is 0 Å². The largest absolute Gasteiger partial charge is 0.464 e. The molecule has 1 heterocycles. The number of benzene rings is 9. The molecule has 3 nitrogen and oxygen atoms in total. The van der Waals surface area contributed by atoms with Crippen LogP contribution >= 0.6 is 0 Å². The molecule has 10 rings (SSSR count). The van der Waals surface area contributed by atoms with Crippen LogP contribution in [0.1, 0.15) is 11.8 Å². The monoisotopic (exact) mass is 666 g/mol. The Morgan fingerprint density at radius 1 is 0.385 bits per heavy atom. The van der Waals surface area contributed by atoms with Crippen molar-refractivity contribution in [2.24, 2.45) is 0 Å². The highest BCUT2D eigenvalue weighted by Crippen LogP contribution is 2.51. The Labute approximate surface area is 303 Å². The predicted octanol–water partition coefficient (Wildman–Crippen LogP) is 13.5. The zero-order valence-corrected chi connectivity index (χ0v) is 28.4. The molecule has 1 atom stereocenters. The minimum atomic E-state index is -0.290. The van der Waals surface area contributed by atoms with Crippen molar-refractivity contribution >= 4 is 55.1 Å². The average molecular weight is 667 g/mol. The number of ether oxygens (including phenoxy) is 1. The van der Waals surface area contributed by atoms with E-state index in [1.165, 1.54) is 38.4 Å². The first kappa shape index (κ1) is 30.0. The highest BCUT2D eigenvalue weighted by atomic mass is 16.5. The molecule has 0 saturated heterocycles. The number of nitrogens with one attached hydrogen (secondary N) is 1. The molecular formula is C49H34N2O. The lowest BCUT2D eigenvalue weighted by Gasteiger charge is -2.26. The Morgan fingerprint density at radius 2 is 0.942 bits per heavy atom. The van der Waals surface area contributed by atoms with Crippen molar-refractivity contribution in [1.29, 1.82) is 0 Å². The van der Waals surface area contributed by atoms with Gasteiger partial charge in [0.15, 0.2) is 12.0 Å². The van der Waals surface area contributed by atoms with Gasteiger partial charge in [-0.1, -0.05) is 146 Å². The summed E-state index contributed by atoms with van der Waals surface area (Å²) in [5, 5.41) is 10.8. The zero-order chi connectivity index (χ0) is 34.4. The molecule has 9 aromatic carbocycles. The van der Waals surface area contributed by atoms with E-state index in [1.807, 2.05) is 6.07 Å². The molecule has 1 N–H and O–H groups in total. The van der Waals surface area contributed by atoms with Crippen LogP contribution in [0.2, 0.25) is 0 Å². The van der Waals surface area contributed by atoms with Gasteiger partial charge >= 0.3 is 0 Å². The number of rotatable bonds is 6. The van der Waals surface area contributed by atoms with Crippen molar-refractivity contribution in [2.75, 3.05) is 10.2 Å². The van der Waals surface area contributed by atoms with Crippen LogP contribution < -0.4 is 15.0 Å². The maximum absolute atomic E-state index is 6.87. The summed E-state index contributed by atoms with van der Waals surface area (Å²) in [5.74, 6) is 0.878. The molecule has 246 valence electrons. The molecule has 52 heavy (non-hydrogen) atoms. The van der Waals surface area contributed by atoms with E-state index in [4.69, 9.17) is 4.74 Å². The molecule has 0 amide bonds. The molecule has 9 aromatic rings. The second-order valence-corrected chi connectivity index (χ2v) is 13.4. The summed E-state index contributed by atoms with van der Waals surface area (Å²) in [6, 6.07) is 69.3. The molecule has 3 heteroatoms. The summed E-state index contributed by atoms with van der Waals surface area (Å²) in [6.45, 7) is 0. The van der Waals surface area contributed by atoms with Gasteiger partial charge in [-0.25, -0.2) is 0 Å². The van der Waals surface area contributed by atoms with Crippen LogP contribution in [0.25, 0.3) is 54.6 Å². The summed E-state index contributed by atoms with van der Waals surface area (Å²) in [7, 11) is 0. The van der Waals surface area contributed by atoms with Crippen LogP contribution in [0.4, 0.5) is 22.7 Å².